The third-order valence-electron chi connectivity index (χ3n) is 3.69. The highest BCUT2D eigenvalue weighted by atomic mass is 14.7. The van der Waals surface area contributed by atoms with Crippen LogP contribution in [-0.4, -0.2) is 4.98 Å². The van der Waals surface area contributed by atoms with Crippen molar-refractivity contribution in [1.29, 1.82) is 0 Å². The van der Waals surface area contributed by atoms with E-state index < -0.39 is 0 Å². The highest BCUT2D eigenvalue weighted by Crippen LogP contribution is 2.26. The fourth-order valence-electron chi connectivity index (χ4n) is 2.51. The Balaban J connectivity index is 2.11. The van der Waals surface area contributed by atoms with Gasteiger partial charge in [0.15, 0.2) is 0 Å². The van der Waals surface area contributed by atoms with Gasteiger partial charge in [-0.15, -0.1) is 0 Å². The minimum atomic E-state index is 0.324. The molecule has 1 aromatic heterocycles. The molecular formula is C18H17N. The van der Waals surface area contributed by atoms with Crippen molar-refractivity contribution >= 4 is 10.9 Å². The molecule has 19 heavy (non-hydrogen) atoms. The molecule has 0 spiro atoms. The van der Waals surface area contributed by atoms with Crippen LogP contribution < -0.4 is 0 Å². The van der Waals surface area contributed by atoms with Crippen LogP contribution in [-0.2, 0) is 0 Å². The molecule has 0 amide bonds. The maximum Gasteiger partial charge on any atom is 0.0708 e. The van der Waals surface area contributed by atoms with Gasteiger partial charge in [0.25, 0.3) is 0 Å². The zero-order valence-electron chi connectivity index (χ0n) is 11.3. The van der Waals surface area contributed by atoms with Gasteiger partial charge in [0.05, 0.1) is 5.52 Å². The number of para-hydroxylation sites is 1. The Morgan fingerprint density at radius 1 is 0.895 bits per heavy atom. The van der Waals surface area contributed by atoms with Crippen LogP contribution in [0.5, 0.6) is 0 Å². The monoisotopic (exact) mass is 247 g/mol. The smallest absolute Gasteiger partial charge is 0.0708 e. The first-order valence-electron chi connectivity index (χ1n) is 6.67. The van der Waals surface area contributed by atoms with Gasteiger partial charge in [0, 0.05) is 17.0 Å². The molecule has 2 aromatic carbocycles. The molecule has 0 aliphatic rings. The molecule has 1 nitrogen and oxygen atoms in total. The molecule has 0 fully saturated rings. The van der Waals surface area contributed by atoms with Crippen molar-refractivity contribution in [1.82, 2.24) is 4.98 Å². The van der Waals surface area contributed by atoms with E-state index in [1.165, 1.54) is 16.5 Å². The van der Waals surface area contributed by atoms with Crippen molar-refractivity contribution in [2.75, 3.05) is 0 Å². The quantitative estimate of drug-likeness (QED) is 0.640. The summed E-state index contributed by atoms with van der Waals surface area (Å²) in [6.07, 6.45) is 0. The van der Waals surface area contributed by atoms with Gasteiger partial charge < -0.3 is 0 Å². The van der Waals surface area contributed by atoms with Gasteiger partial charge in [-0.05, 0) is 30.2 Å². The largest absolute Gasteiger partial charge is 0.252 e. The molecular weight excluding hydrogens is 230 g/mol. The molecule has 0 saturated carbocycles. The molecule has 1 atom stereocenters. The lowest BCUT2D eigenvalue weighted by Crippen LogP contribution is -2.00. The molecule has 3 rings (SSSR count). The predicted octanol–water partition coefficient (Wildman–Crippen LogP) is 4.70. The lowest BCUT2D eigenvalue weighted by atomic mass is 9.95. The van der Waals surface area contributed by atoms with Crippen molar-refractivity contribution in [2.24, 2.45) is 0 Å². The van der Waals surface area contributed by atoms with E-state index in [4.69, 9.17) is 4.98 Å². The van der Waals surface area contributed by atoms with Crippen LogP contribution in [0.25, 0.3) is 10.9 Å². The van der Waals surface area contributed by atoms with Crippen LogP contribution in [0.3, 0.4) is 0 Å². The molecule has 0 aliphatic heterocycles. The van der Waals surface area contributed by atoms with Gasteiger partial charge >= 0.3 is 0 Å². The van der Waals surface area contributed by atoms with Gasteiger partial charge in [-0.25, -0.2) is 0 Å². The Morgan fingerprint density at radius 2 is 1.58 bits per heavy atom. The number of nitrogens with zero attached hydrogens (tertiary/aromatic N) is 1. The summed E-state index contributed by atoms with van der Waals surface area (Å²) in [4.78, 5) is 4.81. The van der Waals surface area contributed by atoms with Gasteiger partial charge in [0.2, 0.25) is 0 Å². The maximum atomic E-state index is 4.81. The molecule has 0 N–H and O–H groups in total. The van der Waals surface area contributed by atoms with Crippen molar-refractivity contribution in [2.45, 2.75) is 19.8 Å². The van der Waals surface area contributed by atoms with E-state index >= 15 is 0 Å². The number of hydrogen-bond acceptors (Lipinski definition) is 1. The van der Waals surface area contributed by atoms with E-state index in [0.29, 0.717) is 5.92 Å². The summed E-state index contributed by atoms with van der Waals surface area (Å²) >= 11 is 0. The second-order valence-corrected chi connectivity index (χ2v) is 5.01. The third kappa shape index (κ3) is 2.24. The van der Waals surface area contributed by atoms with Crippen molar-refractivity contribution in [3.8, 4) is 0 Å². The summed E-state index contributed by atoms with van der Waals surface area (Å²) in [6, 6.07) is 21.1. The summed E-state index contributed by atoms with van der Waals surface area (Å²) in [6.45, 7) is 4.37. The Bertz CT molecular complexity index is 701. The summed E-state index contributed by atoms with van der Waals surface area (Å²) in [5.74, 6) is 0.324. The van der Waals surface area contributed by atoms with Gasteiger partial charge in [-0.3, -0.25) is 4.98 Å². The number of benzene rings is 2. The predicted molar refractivity (Wildman–Crippen MR) is 80.4 cm³/mol. The molecule has 1 heterocycles. The lowest BCUT2D eigenvalue weighted by molar-refractivity contribution is 0.878. The zero-order chi connectivity index (χ0) is 13.2. The minimum Gasteiger partial charge on any atom is -0.252 e. The van der Waals surface area contributed by atoms with Crippen molar-refractivity contribution in [3.63, 3.8) is 0 Å². The minimum absolute atomic E-state index is 0.324. The van der Waals surface area contributed by atoms with E-state index in [2.05, 4.69) is 68.4 Å². The molecule has 0 aliphatic carbocycles. The maximum absolute atomic E-state index is 4.81. The van der Waals surface area contributed by atoms with Crippen LogP contribution in [0.4, 0.5) is 0 Å². The number of hydrogen-bond donors (Lipinski definition) is 0. The number of pyridine rings is 1. The van der Waals surface area contributed by atoms with E-state index in [9.17, 15) is 0 Å². The highest BCUT2D eigenvalue weighted by Gasteiger charge is 2.11. The van der Waals surface area contributed by atoms with E-state index in [1.807, 2.05) is 6.07 Å². The van der Waals surface area contributed by atoms with Crippen LogP contribution in [0.15, 0.2) is 60.7 Å². The summed E-state index contributed by atoms with van der Waals surface area (Å²) in [7, 11) is 0. The zero-order valence-corrected chi connectivity index (χ0v) is 11.3. The number of fused-ring (bicyclic) bond motifs is 1. The first-order valence-corrected chi connectivity index (χ1v) is 6.67. The Hall–Kier alpha value is -2.15. The van der Waals surface area contributed by atoms with Gasteiger partial charge in [-0.1, -0.05) is 55.5 Å². The normalized spacial score (nSPS) is 12.5. The average molecular weight is 247 g/mol. The summed E-state index contributed by atoms with van der Waals surface area (Å²) in [5.41, 5.74) is 4.83. The van der Waals surface area contributed by atoms with Crippen LogP contribution >= 0.6 is 0 Å². The molecule has 0 radical (unpaired) electrons. The molecule has 0 saturated heterocycles. The summed E-state index contributed by atoms with van der Waals surface area (Å²) in [5, 5.41) is 1.24. The number of rotatable bonds is 2. The van der Waals surface area contributed by atoms with E-state index in [1.54, 1.807) is 0 Å². The Morgan fingerprint density at radius 3 is 2.37 bits per heavy atom. The van der Waals surface area contributed by atoms with E-state index in [-0.39, 0.29) is 0 Å². The van der Waals surface area contributed by atoms with Gasteiger partial charge in [-0.2, -0.15) is 0 Å². The number of aryl methyl sites for hydroxylation is 1. The molecule has 3 aromatic rings. The first kappa shape index (κ1) is 11.9. The van der Waals surface area contributed by atoms with Crippen LogP contribution in [0.1, 0.15) is 29.7 Å². The second-order valence-electron chi connectivity index (χ2n) is 5.01. The molecule has 0 unspecified atom stereocenters. The lowest BCUT2D eigenvalue weighted by Gasteiger charge is -2.13. The summed E-state index contributed by atoms with van der Waals surface area (Å²) < 4.78 is 0. The fraction of sp³-hybridized carbons (Fsp3) is 0.167. The van der Waals surface area contributed by atoms with Gasteiger partial charge in [0.1, 0.15) is 0 Å². The van der Waals surface area contributed by atoms with Crippen molar-refractivity contribution in [3.05, 3.63) is 77.5 Å². The SMILES string of the molecule is Cc1cc([C@H](C)c2ccccc2)nc2ccccc12. The molecule has 94 valence electrons. The average Bonchev–Trinajstić information content (AvgIpc) is 2.47. The van der Waals surface area contributed by atoms with E-state index in [0.717, 1.165) is 11.2 Å². The Kier molecular flexibility index (Phi) is 3.04. The first-order chi connectivity index (χ1) is 9.25. The molecule has 1 heteroatoms. The standard InChI is InChI=1S/C18H17N/c1-13-12-18(14(2)15-8-4-3-5-9-15)19-17-11-7-6-10-16(13)17/h3-12,14H,1-2H3/t14-/m1/s1. The second kappa shape index (κ2) is 4.85. The Labute approximate surface area is 113 Å². The number of aromatic nitrogens is 1. The highest BCUT2D eigenvalue weighted by molar-refractivity contribution is 5.82. The third-order valence-corrected chi connectivity index (χ3v) is 3.69. The van der Waals surface area contributed by atoms with Crippen LogP contribution in [0, 0.1) is 6.92 Å². The van der Waals surface area contributed by atoms with Crippen molar-refractivity contribution < 1.29 is 0 Å². The molecule has 0 bridgehead atoms. The van der Waals surface area contributed by atoms with Crippen LogP contribution in [0.2, 0.25) is 0 Å². The fourth-order valence-corrected chi connectivity index (χ4v) is 2.51. The topological polar surface area (TPSA) is 12.9 Å².